The maximum atomic E-state index is 12.5. The zero-order valence-corrected chi connectivity index (χ0v) is 11.6. The topological polar surface area (TPSA) is 64.8 Å². The molecule has 1 rings (SSSR count). The van der Waals surface area contributed by atoms with Crippen LogP contribution < -0.4 is 5.73 Å². The molecule has 1 fully saturated rings. The van der Waals surface area contributed by atoms with Crippen LogP contribution in [-0.4, -0.2) is 56.9 Å². The summed E-state index contributed by atoms with van der Waals surface area (Å²) < 4.78 is 10.1. The van der Waals surface area contributed by atoms with Crippen LogP contribution in [0.3, 0.4) is 0 Å². The number of methoxy groups -OCH3 is 2. The van der Waals surface area contributed by atoms with Crippen LogP contribution in [0.1, 0.15) is 32.1 Å². The zero-order chi connectivity index (χ0) is 13.4. The van der Waals surface area contributed by atoms with E-state index in [2.05, 4.69) is 0 Å². The van der Waals surface area contributed by atoms with Crippen LogP contribution in [0.25, 0.3) is 0 Å². The van der Waals surface area contributed by atoms with Crippen molar-refractivity contribution < 1.29 is 14.3 Å². The highest BCUT2D eigenvalue weighted by molar-refractivity contribution is 5.86. The maximum absolute atomic E-state index is 12.5. The Balaban J connectivity index is 2.53. The van der Waals surface area contributed by atoms with Crippen molar-refractivity contribution in [3.8, 4) is 0 Å². The van der Waals surface area contributed by atoms with Gasteiger partial charge in [-0.05, 0) is 19.3 Å². The molecule has 0 saturated heterocycles. The molecule has 2 N–H and O–H groups in total. The van der Waals surface area contributed by atoms with Gasteiger partial charge in [0.15, 0.2) is 0 Å². The van der Waals surface area contributed by atoms with E-state index >= 15 is 0 Å². The second-order valence-corrected chi connectivity index (χ2v) is 4.99. The summed E-state index contributed by atoms with van der Waals surface area (Å²) in [5.74, 6) is 0.0770. The van der Waals surface area contributed by atoms with Gasteiger partial charge in [0.05, 0.1) is 12.1 Å². The number of carbonyl (C=O) groups excluding carboxylic acids is 1. The van der Waals surface area contributed by atoms with Crippen molar-refractivity contribution >= 4 is 5.91 Å². The molecule has 1 saturated carbocycles. The average Bonchev–Trinajstić information content (AvgIpc) is 2.81. The minimum atomic E-state index is -0.638. The van der Waals surface area contributed by atoms with E-state index in [0.29, 0.717) is 26.3 Å². The Hall–Kier alpha value is -0.650. The van der Waals surface area contributed by atoms with E-state index < -0.39 is 5.54 Å². The van der Waals surface area contributed by atoms with Crippen molar-refractivity contribution in [2.45, 2.75) is 37.6 Å². The first kappa shape index (κ1) is 15.4. The van der Waals surface area contributed by atoms with Gasteiger partial charge in [0.25, 0.3) is 0 Å². The standard InChI is InChI=1S/C13H26N2O3/c1-17-10-5-8-15(9-11-18-2)12(16)13(14)6-3-4-7-13/h3-11,14H2,1-2H3. The highest BCUT2D eigenvalue weighted by Crippen LogP contribution is 2.29. The summed E-state index contributed by atoms with van der Waals surface area (Å²) in [6.45, 7) is 2.51. The van der Waals surface area contributed by atoms with Gasteiger partial charge in [0.2, 0.25) is 5.91 Å². The molecule has 106 valence electrons. The number of rotatable bonds is 8. The molecule has 1 amide bonds. The Labute approximate surface area is 110 Å². The summed E-state index contributed by atoms with van der Waals surface area (Å²) in [5.41, 5.74) is 5.58. The lowest BCUT2D eigenvalue weighted by Crippen LogP contribution is -2.54. The normalized spacial score (nSPS) is 17.9. The van der Waals surface area contributed by atoms with Crippen LogP contribution in [0.5, 0.6) is 0 Å². The Kier molecular flexibility index (Phi) is 6.60. The number of carbonyl (C=O) groups is 1. The first-order valence-electron chi connectivity index (χ1n) is 6.70. The molecule has 18 heavy (non-hydrogen) atoms. The third kappa shape index (κ3) is 4.23. The largest absolute Gasteiger partial charge is 0.385 e. The molecule has 1 aliphatic rings. The van der Waals surface area contributed by atoms with Crippen molar-refractivity contribution in [1.29, 1.82) is 0 Å². The quantitative estimate of drug-likeness (QED) is 0.653. The van der Waals surface area contributed by atoms with E-state index in [1.165, 1.54) is 0 Å². The second-order valence-electron chi connectivity index (χ2n) is 4.99. The molecule has 5 heteroatoms. The van der Waals surface area contributed by atoms with Crippen LogP contribution in [0.2, 0.25) is 0 Å². The summed E-state index contributed by atoms with van der Waals surface area (Å²) in [4.78, 5) is 14.3. The summed E-state index contributed by atoms with van der Waals surface area (Å²) in [7, 11) is 3.31. The minimum absolute atomic E-state index is 0.0770. The number of hydrogen-bond donors (Lipinski definition) is 1. The van der Waals surface area contributed by atoms with Gasteiger partial charge in [-0.3, -0.25) is 4.79 Å². The molecule has 0 aromatic heterocycles. The molecule has 0 unspecified atom stereocenters. The van der Waals surface area contributed by atoms with Gasteiger partial charge in [0.1, 0.15) is 0 Å². The molecular formula is C13H26N2O3. The highest BCUT2D eigenvalue weighted by Gasteiger charge is 2.39. The first-order valence-corrected chi connectivity index (χ1v) is 6.70. The molecule has 0 aromatic rings. The summed E-state index contributed by atoms with van der Waals surface area (Å²) in [6.07, 6.45) is 4.55. The van der Waals surface area contributed by atoms with E-state index in [0.717, 1.165) is 32.1 Å². The number of nitrogens with two attached hydrogens (primary N) is 1. The monoisotopic (exact) mass is 258 g/mol. The fourth-order valence-electron chi connectivity index (χ4n) is 2.45. The van der Waals surface area contributed by atoms with Gasteiger partial charge < -0.3 is 20.1 Å². The lowest BCUT2D eigenvalue weighted by atomic mass is 9.97. The maximum Gasteiger partial charge on any atom is 0.242 e. The van der Waals surface area contributed by atoms with E-state index in [1.807, 2.05) is 4.90 Å². The van der Waals surface area contributed by atoms with Gasteiger partial charge in [0, 0.05) is 33.9 Å². The molecule has 0 radical (unpaired) electrons. The van der Waals surface area contributed by atoms with Gasteiger partial charge in [-0.2, -0.15) is 0 Å². The van der Waals surface area contributed by atoms with Crippen LogP contribution >= 0.6 is 0 Å². The molecule has 0 spiro atoms. The van der Waals surface area contributed by atoms with Crippen molar-refractivity contribution in [3.05, 3.63) is 0 Å². The number of nitrogens with zero attached hydrogens (tertiary/aromatic N) is 1. The van der Waals surface area contributed by atoms with Gasteiger partial charge in [-0.1, -0.05) is 12.8 Å². The fourth-order valence-corrected chi connectivity index (χ4v) is 2.45. The van der Waals surface area contributed by atoms with Crippen LogP contribution in [0, 0.1) is 0 Å². The zero-order valence-electron chi connectivity index (χ0n) is 11.6. The van der Waals surface area contributed by atoms with Crippen molar-refractivity contribution in [1.82, 2.24) is 4.90 Å². The van der Waals surface area contributed by atoms with Crippen LogP contribution in [-0.2, 0) is 14.3 Å². The predicted molar refractivity (Wildman–Crippen MR) is 70.3 cm³/mol. The Morgan fingerprint density at radius 3 is 2.33 bits per heavy atom. The fraction of sp³-hybridized carbons (Fsp3) is 0.923. The third-order valence-corrected chi connectivity index (χ3v) is 3.55. The molecule has 0 aromatic carbocycles. The summed E-state index contributed by atoms with van der Waals surface area (Å²) in [6, 6.07) is 0. The van der Waals surface area contributed by atoms with E-state index in [4.69, 9.17) is 15.2 Å². The minimum Gasteiger partial charge on any atom is -0.385 e. The van der Waals surface area contributed by atoms with E-state index in [1.54, 1.807) is 14.2 Å². The SMILES string of the molecule is COCCCN(CCOC)C(=O)C1(N)CCCC1. The Morgan fingerprint density at radius 2 is 1.78 bits per heavy atom. The second kappa shape index (κ2) is 7.71. The van der Waals surface area contributed by atoms with Crippen LogP contribution in [0.15, 0.2) is 0 Å². The predicted octanol–water partition coefficient (Wildman–Crippen LogP) is 0.769. The number of amides is 1. The summed E-state index contributed by atoms with van der Waals surface area (Å²) in [5, 5.41) is 0. The molecular weight excluding hydrogens is 232 g/mol. The van der Waals surface area contributed by atoms with Crippen molar-refractivity contribution in [3.63, 3.8) is 0 Å². The third-order valence-electron chi connectivity index (χ3n) is 3.55. The highest BCUT2D eigenvalue weighted by atomic mass is 16.5. The van der Waals surface area contributed by atoms with Gasteiger partial charge in [-0.25, -0.2) is 0 Å². The molecule has 5 nitrogen and oxygen atoms in total. The van der Waals surface area contributed by atoms with Crippen molar-refractivity contribution in [2.24, 2.45) is 5.73 Å². The van der Waals surface area contributed by atoms with Crippen LogP contribution in [0.4, 0.5) is 0 Å². The first-order chi connectivity index (χ1) is 8.64. The molecule has 0 atom stereocenters. The van der Waals surface area contributed by atoms with E-state index in [9.17, 15) is 4.79 Å². The lowest BCUT2D eigenvalue weighted by Gasteiger charge is -2.31. The molecule has 0 aliphatic heterocycles. The molecule has 1 aliphatic carbocycles. The summed E-state index contributed by atoms with van der Waals surface area (Å²) >= 11 is 0. The Morgan fingerprint density at radius 1 is 1.17 bits per heavy atom. The Bertz CT molecular complexity index is 253. The average molecular weight is 258 g/mol. The van der Waals surface area contributed by atoms with Crippen molar-refractivity contribution in [2.75, 3.05) is 40.5 Å². The van der Waals surface area contributed by atoms with Gasteiger partial charge in [-0.15, -0.1) is 0 Å². The lowest BCUT2D eigenvalue weighted by molar-refractivity contribution is -0.137. The molecule has 0 bridgehead atoms. The smallest absolute Gasteiger partial charge is 0.242 e. The van der Waals surface area contributed by atoms with Gasteiger partial charge >= 0.3 is 0 Å². The molecule has 0 heterocycles. The number of ether oxygens (including phenoxy) is 2. The number of hydrogen-bond acceptors (Lipinski definition) is 4. The van der Waals surface area contributed by atoms with E-state index in [-0.39, 0.29) is 5.91 Å².